The minimum atomic E-state index is -0.390. The van der Waals surface area contributed by atoms with Crippen molar-refractivity contribution in [1.29, 1.82) is 0 Å². The van der Waals surface area contributed by atoms with E-state index < -0.39 is 5.97 Å². The summed E-state index contributed by atoms with van der Waals surface area (Å²) in [5.74, 6) is 0.248. The summed E-state index contributed by atoms with van der Waals surface area (Å²) in [6.07, 6.45) is 0. The molecule has 0 aliphatic carbocycles. The van der Waals surface area contributed by atoms with Crippen molar-refractivity contribution in [3.05, 3.63) is 62.9 Å². The molecule has 1 N–H and O–H groups in total. The molecule has 3 aromatic rings. The molecule has 0 saturated carbocycles. The quantitative estimate of drug-likeness (QED) is 0.597. The summed E-state index contributed by atoms with van der Waals surface area (Å²) in [7, 11) is 3.14. The minimum Gasteiger partial charge on any atom is -0.465 e. The largest absolute Gasteiger partial charge is 0.465 e. The molecule has 2 heterocycles. The highest BCUT2D eigenvalue weighted by Gasteiger charge is 2.22. The normalized spacial score (nSPS) is 14.9. The number of carbonyl (C=O) groups is 1. The molecule has 1 aliphatic heterocycles. The van der Waals surface area contributed by atoms with E-state index in [1.165, 1.54) is 7.11 Å². The van der Waals surface area contributed by atoms with Crippen LogP contribution in [0, 0.1) is 13.8 Å². The van der Waals surface area contributed by atoms with E-state index in [-0.39, 0.29) is 11.6 Å². The fourth-order valence-corrected chi connectivity index (χ4v) is 4.39. The standard InChI is InChI=1S/C25H30N4O4/c1-15-13-18(17(3)26-20-8-6-7-16(2)21(20)24(31)32-5)22-19(14-15)23(30)28(4)25(27-22)29-9-11-33-12-10-29/h6-8,13-14,17,26H,9-12H2,1-5H3. The number of morpholine rings is 1. The molecule has 0 amide bonds. The number of ether oxygens (including phenoxy) is 2. The molecule has 8 nitrogen and oxygen atoms in total. The molecular formula is C25H30N4O4. The molecule has 1 saturated heterocycles. The number of carbonyl (C=O) groups excluding carboxylic acids is 1. The number of hydrogen-bond acceptors (Lipinski definition) is 7. The van der Waals surface area contributed by atoms with E-state index in [2.05, 4.69) is 10.2 Å². The molecule has 0 bridgehead atoms. The van der Waals surface area contributed by atoms with Crippen LogP contribution in [0.2, 0.25) is 0 Å². The smallest absolute Gasteiger partial charge is 0.340 e. The summed E-state index contributed by atoms with van der Waals surface area (Å²) >= 11 is 0. The minimum absolute atomic E-state index is 0.0792. The molecule has 4 rings (SSSR count). The highest BCUT2D eigenvalue weighted by atomic mass is 16.5. The van der Waals surface area contributed by atoms with Gasteiger partial charge in [0.15, 0.2) is 0 Å². The van der Waals surface area contributed by atoms with E-state index in [1.54, 1.807) is 11.6 Å². The Kier molecular flexibility index (Phi) is 6.37. The average molecular weight is 451 g/mol. The third-order valence-electron chi connectivity index (χ3n) is 6.13. The number of aromatic nitrogens is 2. The molecule has 1 unspecified atom stereocenters. The number of anilines is 2. The predicted molar refractivity (Wildman–Crippen MR) is 129 cm³/mol. The lowest BCUT2D eigenvalue weighted by Gasteiger charge is -2.29. The number of hydrogen-bond donors (Lipinski definition) is 1. The fraction of sp³-hybridized carbons (Fsp3) is 0.400. The molecule has 174 valence electrons. The Morgan fingerprint density at radius 1 is 1.21 bits per heavy atom. The maximum absolute atomic E-state index is 13.3. The molecule has 0 radical (unpaired) electrons. The van der Waals surface area contributed by atoms with Crippen LogP contribution in [0.3, 0.4) is 0 Å². The number of fused-ring (bicyclic) bond motifs is 1. The number of aryl methyl sites for hydroxylation is 2. The Labute approximate surface area is 193 Å². The van der Waals surface area contributed by atoms with Gasteiger partial charge in [-0.1, -0.05) is 18.2 Å². The number of nitrogens with zero attached hydrogens (tertiary/aromatic N) is 3. The molecule has 1 aromatic heterocycles. The molecule has 8 heteroatoms. The zero-order valence-corrected chi connectivity index (χ0v) is 19.8. The lowest BCUT2D eigenvalue weighted by Crippen LogP contribution is -2.40. The van der Waals surface area contributed by atoms with Gasteiger partial charge in [0.1, 0.15) is 0 Å². The van der Waals surface area contributed by atoms with Crippen LogP contribution in [0.15, 0.2) is 35.1 Å². The van der Waals surface area contributed by atoms with Crippen LogP contribution in [-0.2, 0) is 16.5 Å². The molecule has 1 atom stereocenters. The number of benzene rings is 2. The maximum atomic E-state index is 13.3. The van der Waals surface area contributed by atoms with Crippen molar-refractivity contribution in [3.63, 3.8) is 0 Å². The Morgan fingerprint density at radius 3 is 2.64 bits per heavy atom. The average Bonchev–Trinajstić information content (AvgIpc) is 2.81. The first kappa shape index (κ1) is 22.8. The van der Waals surface area contributed by atoms with Crippen molar-refractivity contribution in [1.82, 2.24) is 9.55 Å². The van der Waals surface area contributed by atoms with Gasteiger partial charge in [-0.3, -0.25) is 9.36 Å². The highest BCUT2D eigenvalue weighted by molar-refractivity contribution is 5.97. The van der Waals surface area contributed by atoms with Gasteiger partial charge < -0.3 is 19.7 Å². The maximum Gasteiger partial charge on any atom is 0.340 e. The van der Waals surface area contributed by atoms with Crippen LogP contribution in [0.1, 0.15) is 40.0 Å². The van der Waals surface area contributed by atoms with Gasteiger partial charge in [-0.15, -0.1) is 0 Å². The summed E-state index contributed by atoms with van der Waals surface area (Å²) in [6.45, 7) is 8.44. The lowest BCUT2D eigenvalue weighted by atomic mass is 10.00. The van der Waals surface area contributed by atoms with Crippen molar-refractivity contribution < 1.29 is 14.3 Å². The van der Waals surface area contributed by atoms with Crippen LogP contribution < -0.4 is 15.8 Å². The van der Waals surface area contributed by atoms with E-state index in [0.717, 1.165) is 16.7 Å². The van der Waals surface area contributed by atoms with Crippen LogP contribution in [0.4, 0.5) is 11.6 Å². The van der Waals surface area contributed by atoms with Gasteiger partial charge >= 0.3 is 5.97 Å². The highest BCUT2D eigenvalue weighted by Crippen LogP contribution is 2.30. The Hall–Kier alpha value is -3.39. The Balaban J connectivity index is 1.82. The van der Waals surface area contributed by atoms with E-state index in [4.69, 9.17) is 14.5 Å². The number of esters is 1. The second kappa shape index (κ2) is 9.23. The van der Waals surface area contributed by atoms with Gasteiger partial charge in [0.2, 0.25) is 5.95 Å². The van der Waals surface area contributed by atoms with Gasteiger partial charge in [-0.25, -0.2) is 9.78 Å². The summed E-state index contributed by atoms with van der Waals surface area (Å²) in [4.78, 5) is 32.7. The van der Waals surface area contributed by atoms with Gasteiger partial charge in [0.05, 0.1) is 42.8 Å². The van der Waals surface area contributed by atoms with Gasteiger partial charge in [0, 0.05) is 31.4 Å². The van der Waals surface area contributed by atoms with Crippen LogP contribution >= 0.6 is 0 Å². The Morgan fingerprint density at radius 2 is 1.94 bits per heavy atom. The SMILES string of the molecule is COC(=O)c1c(C)cccc1NC(C)c1cc(C)cc2c(=O)n(C)c(N3CCOCC3)nc12. The number of rotatable bonds is 5. The van der Waals surface area contributed by atoms with Gasteiger partial charge in [-0.05, 0) is 44.0 Å². The van der Waals surface area contributed by atoms with E-state index in [1.807, 2.05) is 51.1 Å². The molecule has 33 heavy (non-hydrogen) atoms. The van der Waals surface area contributed by atoms with Crippen LogP contribution in [0.5, 0.6) is 0 Å². The van der Waals surface area contributed by atoms with Crippen molar-refractivity contribution in [2.24, 2.45) is 7.05 Å². The van der Waals surface area contributed by atoms with Gasteiger partial charge in [-0.2, -0.15) is 0 Å². The zero-order chi connectivity index (χ0) is 23.7. The topological polar surface area (TPSA) is 85.7 Å². The molecule has 1 fully saturated rings. The first-order valence-corrected chi connectivity index (χ1v) is 11.1. The van der Waals surface area contributed by atoms with Crippen LogP contribution in [0.25, 0.3) is 10.9 Å². The van der Waals surface area contributed by atoms with E-state index in [9.17, 15) is 9.59 Å². The van der Waals surface area contributed by atoms with E-state index in [0.29, 0.717) is 54.4 Å². The summed E-state index contributed by atoms with van der Waals surface area (Å²) in [5, 5.41) is 4.03. The van der Waals surface area contributed by atoms with Crippen molar-refractivity contribution in [3.8, 4) is 0 Å². The molecular weight excluding hydrogens is 420 g/mol. The summed E-state index contributed by atoms with van der Waals surface area (Å²) in [5.41, 5.74) is 4.47. The first-order valence-electron chi connectivity index (χ1n) is 11.1. The van der Waals surface area contributed by atoms with Crippen molar-refractivity contribution >= 4 is 28.5 Å². The first-order chi connectivity index (χ1) is 15.8. The third-order valence-corrected chi connectivity index (χ3v) is 6.13. The van der Waals surface area contributed by atoms with Crippen molar-refractivity contribution in [2.45, 2.75) is 26.8 Å². The molecule has 2 aromatic carbocycles. The summed E-state index contributed by atoms with van der Waals surface area (Å²) < 4.78 is 12.1. The second-order valence-corrected chi connectivity index (χ2v) is 8.48. The van der Waals surface area contributed by atoms with Gasteiger partial charge in [0.25, 0.3) is 5.56 Å². The number of nitrogens with one attached hydrogen (secondary N) is 1. The third kappa shape index (κ3) is 4.30. The fourth-order valence-electron chi connectivity index (χ4n) is 4.39. The van der Waals surface area contributed by atoms with E-state index >= 15 is 0 Å². The Bertz CT molecular complexity index is 1260. The zero-order valence-electron chi connectivity index (χ0n) is 19.8. The molecule has 1 aliphatic rings. The predicted octanol–water partition coefficient (Wildman–Crippen LogP) is 3.35. The lowest BCUT2D eigenvalue weighted by molar-refractivity contribution is 0.0601. The second-order valence-electron chi connectivity index (χ2n) is 8.48. The monoisotopic (exact) mass is 450 g/mol. The summed E-state index contributed by atoms with van der Waals surface area (Å²) in [6, 6.07) is 9.36. The van der Waals surface area contributed by atoms with Crippen LogP contribution in [-0.4, -0.2) is 48.9 Å². The molecule has 0 spiro atoms. The van der Waals surface area contributed by atoms with Crippen molar-refractivity contribution in [2.75, 3.05) is 43.6 Å². The number of methoxy groups -OCH3 is 1.